The summed E-state index contributed by atoms with van der Waals surface area (Å²) in [7, 11) is -0.798. The molecule has 0 unspecified atom stereocenters. The summed E-state index contributed by atoms with van der Waals surface area (Å²) in [5.41, 5.74) is 6.10. The molecule has 0 bridgehead atoms. The van der Waals surface area contributed by atoms with Crippen LogP contribution in [-0.4, -0.2) is 26.8 Å². The molecule has 1 aromatic rings. The fourth-order valence-corrected chi connectivity index (χ4v) is 1.72. The normalized spacial score (nSPS) is 11.8. The van der Waals surface area contributed by atoms with Gasteiger partial charge in [-0.15, -0.1) is 0 Å². The second-order valence-electron chi connectivity index (χ2n) is 3.40. The van der Waals surface area contributed by atoms with Crippen LogP contribution in [0.2, 0.25) is 0 Å². The largest absolute Gasteiger partial charge is 0.326 e. The van der Waals surface area contributed by atoms with Crippen LogP contribution in [0.15, 0.2) is 18.2 Å². The van der Waals surface area contributed by atoms with Gasteiger partial charge in [0.2, 0.25) is 0 Å². The average Bonchev–Trinajstić information content (AvgIpc) is 2.20. The van der Waals surface area contributed by atoms with Gasteiger partial charge < -0.3 is 5.73 Å². The van der Waals surface area contributed by atoms with Crippen molar-refractivity contribution in [3.63, 3.8) is 0 Å². The van der Waals surface area contributed by atoms with Crippen LogP contribution < -0.4 is 10.5 Å². The Labute approximate surface area is 94.2 Å². The molecule has 1 rings (SSSR count). The Morgan fingerprint density at radius 1 is 1.44 bits per heavy atom. The van der Waals surface area contributed by atoms with Gasteiger partial charge in [0, 0.05) is 20.6 Å². The molecule has 0 aromatic heterocycles. The molecule has 0 atom stereocenters. The van der Waals surface area contributed by atoms with Crippen molar-refractivity contribution in [2.24, 2.45) is 5.73 Å². The minimum Gasteiger partial charge on any atom is -0.326 e. The first kappa shape index (κ1) is 12.9. The van der Waals surface area contributed by atoms with Gasteiger partial charge in [-0.3, -0.25) is 4.72 Å². The van der Waals surface area contributed by atoms with Crippen molar-refractivity contribution in [1.29, 1.82) is 0 Å². The lowest BCUT2D eigenvalue weighted by molar-refractivity contribution is 0.526. The second kappa shape index (κ2) is 4.77. The van der Waals surface area contributed by atoms with Crippen molar-refractivity contribution >= 4 is 15.9 Å². The number of nitrogens with zero attached hydrogens (tertiary/aromatic N) is 1. The van der Waals surface area contributed by atoms with Crippen LogP contribution in [0.4, 0.5) is 10.1 Å². The molecular formula is C9H14FN3O2S. The number of hydrogen-bond donors (Lipinski definition) is 2. The van der Waals surface area contributed by atoms with Crippen molar-refractivity contribution < 1.29 is 12.8 Å². The van der Waals surface area contributed by atoms with E-state index in [-0.39, 0.29) is 12.2 Å². The third kappa shape index (κ3) is 2.91. The number of hydrogen-bond acceptors (Lipinski definition) is 3. The molecule has 3 N–H and O–H groups in total. The van der Waals surface area contributed by atoms with Crippen LogP contribution >= 0.6 is 0 Å². The van der Waals surface area contributed by atoms with E-state index in [4.69, 9.17) is 5.73 Å². The summed E-state index contributed by atoms with van der Waals surface area (Å²) < 4.78 is 39.3. The first-order chi connectivity index (χ1) is 7.36. The Hall–Kier alpha value is -1.18. The molecule has 0 heterocycles. The first-order valence-electron chi connectivity index (χ1n) is 4.55. The highest BCUT2D eigenvalue weighted by molar-refractivity contribution is 7.90. The topological polar surface area (TPSA) is 75.4 Å². The lowest BCUT2D eigenvalue weighted by Gasteiger charge is -2.15. The van der Waals surface area contributed by atoms with E-state index in [1.807, 2.05) is 0 Å². The van der Waals surface area contributed by atoms with Gasteiger partial charge in [0.05, 0.1) is 5.69 Å². The average molecular weight is 247 g/mol. The highest BCUT2D eigenvalue weighted by Crippen LogP contribution is 2.18. The van der Waals surface area contributed by atoms with Crippen molar-refractivity contribution in [2.45, 2.75) is 6.54 Å². The highest BCUT2D eigenvalue weighted by Gasteiger charge is 2.14. The maximum Gasteiger partial charge on any atom is 0.301 e. The van der Waals surface area contributed by atoms with Crippen molar-refractivity contribution in [2.75, 3.05) is 18.8 Å². The van der Waals surface area contributed by atoms with Crippen molar-refractivity contribution in [3.8, 4) is 0 Å². The van der Waals surface area contributed by atoms with Crippen LogP contribution in [0.1, 0.15) is 5.56 Å². The fourth-order valence-electron chi connectivity index (χ4n) is 1.06. The van der Waals surface area contributed by atoms with E-state index in [0.29, 0.717) is 5.56 Å². The number of nitrogens with one attached hydrogen (secondary N) is 1. The predicted molar refractivity (Wildman–Crippen MR) is 60.5 cm³/mol. The van der Waals surface area contributed by atoms with Crippen LogP contribution in [0.5, 0.6) is 0 Å². The molecule has 0 saturated carbocycles. The fraction of sp³-hybridized carbons (Fsp3) is 0.333. The molecule has 0 radical (unpaired) electrons. The van der Waals surface area contributed by atoms with Gasteiger partial charge in [-0.05, 0) is 23.8 Å². The van der Waals surface area contributed by atoms with Gasteiger partial charge in [-0.2, -0.15) is 12.7 Å². The Bertz CT molecular complexity index is 474. The summed E-state index contributed by atoms with van der Waals surface area (Å²) in [6.07, 6.45) is 0. The standard InChI is InChI=1S/C9H14FN3O2S/c1-13(2)16(14,15)12-9-4-3-8(10)5-7(9)6-11/h3-5,12H,6,11H2,1-2H3. The van der Waals surface area contributed by atoms with Crippen LogP contribution in [0.3, 0.4) is 0 Å². The summed E-state index contributed by atoms with van der Waals surface area (Å²) in [5, 5.41) is 0. The van der Waals surface area contributed by atoms with E-state index in [1.165, 1.54) is 32.3 Å². The SMILES string of the molecule is CN(C)S(=O)(=O)Nc1ccc(F)cc1CN. The predicted octanol–water partition coefficient (Wildman–Crippen LogP) is 0.503. The van der Waals surface area contributed by atoms with Gasteiger partial charge in [-0.1, -0.05) is 0 Å². The van der Waals surface area contributed by atoms with Crippen molar-refractivity contribution in [3.05, 3.63) is 29.6 Å². The monoisotopic (exact) mass is 247 g/mol. The zero-order chi connectivity index (χ0) is 12.3. The maximum absolute atomic E-state index is 12.9. The molecule has 0 aliphatic heterocycles. The van der Waals surface area contributed by atoms with E-state index in [2.05, 4.69) is 4.72 Å². The lowest BCUT2D eigenvalue weighted by atomic mass is 10.2. The van der Waals surface area contributed by atoms with Gasteiger partial charge in [-0.25, -0.2) is 4.39 Å². The van der Waals surface area contributed by atoms with Gasteiger partial charge >= 0.3 is 10.2 Å². The molecule has 7 heteroatoms. The highest BCUT2D eigenvalue weighted by atomic mass is 32.2. The van der Waals surface area contributed by atoms with E-state index in [1.54, 1.807) is 0 Å². The number of rotatable bonds is 4. The molecule has 0 spiro atoms. The molecule has 90 valence electrons. The summed E-state index contributed by atoms with van der Waals surface area (Å²) in [6, 6.07) is 3.72. The quantitative estimate of drug-likeness (QED) is 0.813. The summed E-state index contributed by atoms with van der Waals surface area (Å²) in [6.45, 7) is 0.0586. The molecule has 0 aliphatic rings. The van der Waals surface area contributed by atoms with E-state index >= 15 is 0 Å². The Morgan fingerprint density at radius 3 is 2.56 bits per heavy atom. The van der Waals surface area contributed by atoms with Crippen LogP contribution in [0, 0.1) is 5.82 Å². The van der Waals surface area contributed by atoms with E-state index < -0.39 is 16.0 Å². The molecule has 0 saturated heterocycles. The smallest absolute Gasteiger partial charge is 0.301 e. The number of benzene rings is 1. The van der Waals surface area contributed by atoms with Gasteiger partial charge in [0.25, 0.3) is 0 Å². The molecule has 0 amide bonds. The van der Waals surface area contributed by atoms with Gasteiger partial charge in [0.1, 0.15) is 5.82 Å². The lowest BCUT2D eigenvalue weighted by Crippen LogP contribution is -2.29. The van der Waals surface area contributed by atoms with Crippen LogP contribution in [0.25, 0.3) is 0 Å². The Balaban J connectivity index is 3.07. The minimum atomic E-state index is -3.59. The third-order valence-corrected chi connectivity index (χ3v) is 3.45. The van der Waals surface area contributed by atoms with Gasteiger partial charge in [0.15, 0.2) is 0 Å². The van der Waals surface area contributed by atoms with Crippen LogP contribution in [-0.2, 0) is 16.8 Å². The minimum absolute atomic E-state index is 0.0586. The molecular weight excluding hydrogens is 233 g/mol. The number of anilines is 1. The number of halogens is 1. The maximum atomic E-state index is 12.9. The molecule has 16 heavy (non-hydrogen) atoms. The summed E-state index contributed by atoms with van der Waals surface area (Å²) in [5.74, 6) is -0.451. The molecule has 0 aliphatic carbocycles. The molecule has 5 nitrogen and oxygen atoms in total. The zero-order valence-electron chi connectivity index (χ0n) is 9.07. The third-order valence-electron chi connectivity index (χ3n) is 2.01. The summed E-state index contributed by atoms with van der Waals surface area (Å²) >= 11 is 0. The zero-order valence-corrected chi connectivity index (χ0v) is 9.88. The first-order valence-corrected chi connectivity index (χ1v) is 5.99. The summed E-state index contributed by atoms with van der Waals surface area (Å²) in [4.78, 5) is 0. The van der Waals surface area contributed by atoms with Crippen molar-refractivity contribution in [1.82, 2.24) is 4.31 Å². The van der Waals surface area contributed by atoms with E-state index in [0.717, 1.165) is 4.31 Å². The molecule has 1 aromatic carbocycles. The molecule has 0 fully saturated rings. The second-order valence-corrected chi connectivity index (χ2v) is 5.28. The Kier molecular flexibility index (Phi) is 3.84. The Morgan fingerprint density at radius 2 is 2.06 bits per heavy atom. The van der Waals surface area contributed by atoms with E-state index in [9.17, 15) is 12.8 Å². The number of nitrogens with two attached hydrogens (primary N) is 1.